The van der Waals surface area contributed by atoms with Gasteiger partial charge in [0.05, 0.1) is 0 Å². The van der Waals surface area contributed by atoms with Gasteiger partial charge in [-0.15, -0.1) is 0 Å². The summed E-state index contributed by atoms with van der Waals surface area (Å²) in [5, 5.41) is 2.89. The molecule has 0 aliphatic carbocycles. The summed E-state index contributed by atoms with van der Waals surface area (Å²) in [6.45, 7) is 1.30. The van der Waals surface area contributed by atoms with Crippen molar-refractivity contribution in [3.05, 3.63) is 29.3 Å². The van der Waals surface area contributed by atoms with Crippen molar-refractivity contribution in [2.24, 2.45) is 5.73 Å². The fraction of sp³-hybridized carbons (Fsp3) is 0.250. The highest BCUT2D eigenvalue weighted by atomic mass is 35.5. The molecule has 3 N–H and O–H groups in total. The molecule has 0 aromatic heterocycles. The second-order valence-electron chi connectivity index (χ2n) is 3.73. The van der Waals surface area contributed by atoms with Crippen LogP contribution in [0.4, 0.5) is 5.69 Å². The first kappa shape index (κ1) is 15.1. The Labute approximate surface area is 115 Å². The summed E-state index contributed by atoms with van der Waals surface area (Å²) < 4.78 is 0. The van der Waals surface area contributed by atoms with E-state index in [-0.39, 0.29) is 13.1 Å². The molecule has 1 aromatic carbocycles. The van der Waals surface area contributed by atoms with Gasteiger partial charge in [-0.3, -0.25) is 19.3 Å². The fourth-order valence-corrected chi connectivity index (χ4v) is 1.50. The molecule has 7 heteroatoms. The van der Waals surface area contributed by atoms with Gasteiger partial charge in [0.15, 0.2) is 0 Å². The molecule has 0 radical (unpaired) electrons. The number of anilines is 1. The molecule has 0 saturated heterocycles. The summed E-state index contributed by atoms with van der Waals surface area (Å²) in [7, 11) is 0. The van der Waals surface area contributed by atoms with E-state index in [2.05, 4.69) is 5.32 Å². The Morgan fingerprint density at radius 3 is 2.32 bits per heavy atom. The molecule has 0 atom stereocenters. The smallest absolute Gasteiger partial charge is 0.318 e. The number of carbonyl (C=O) groups is 3. The van der Waals surface area contributed by atoms with E-state index in [9.17, 15) is 14.4 Å². The van der Waals surface area contributed by atoms with Crippen LogP contribution in [-0.4, -0.2) is 35.7 Å². The zero-order valence-corrected chi connectivity index (χ0v) is 11.1. The summed E-state index contributed by atoms with van der Waals surface area (Å²) in [6, 6.07) is 6.25. The molecule has 19 heavy (non-hydrogen) atoms. The number of carbonyl (C=O) groups excluding carboxylic acids is 3. The minimum atomic E-state index is -0.937. The number of benzene rings is 1. The predicted octanol–water partition coefficient (Wildman–Crippen LogP) is 0.612. The molecule has 0 heterocycles. The highest BCUT2D eigenvalue weighted by Gasteiger charge is 2.24. The van der Waals surface area contributed by atoms with E-state index in [1.165, 1.54) is 6.92 Å². The first-order valence-electron chi connectivity index (χ1n) is 5.54. The third-order valence-electron chi connectivity index (χ3n) is 2.27. The Balaban J connectivity index is 2.73. The lowest BCUT2D eigenvalue weighted by Crippen LogP contribution is -2.44. The van der Waals surface area contributed by atoms with Crippen molar-refractivity contribution in [2.75, 3.05) is 18.4 Å². The zero-order valence-electron chi connectivity index (χ0n) is 10.4. The summed E-state index contributed by atoms with van der Waals surface area (Å²) in [5.74, 6) is -2.36. The number of nitrogens with two attached hydrogens (primary N) is 1. The average molecular weight is 284 g/mol. The standard InChI is InChI=1S/C12H14ClN3O3/c1-8(17)16(7-6-14)12(19)11(18)15-10-4-2-9(13)3-5-10/h2-5H,6-7,14H2,1H3,(H,15,18). The van der Waals surface area contributed by atoms with Gasteiger partial charge in [-0.2, -0.15) is 0 Å². The zero-order chi connectivity index (χ0) is 14.4. The van der Waals surface area contributed by atoms with E-state index >= 15 is 0 Å². The van der Waals surface area contributed by atoms with Crippen molar-refractivity contribution >= 4 is 35.0 Å². The molecule has 6 nitrogen and oxygen atoms in total. The summed E-state index contributed by atoms with van der Waals surface area (Å²) in [6.07, 6.45) is 0. The lowest BCUT2D eigenvalue weighted by molar-refractivity contribution is -0.149. The lowest BCUT2D eigenvalue weighted by Gasteiger charge is -2.17. The van der Waals surface area contributed by atoms with Crippen LogP contribution in [0.2, 0.25) is 5.02 Å². The monoisotopic (exact) mass is 283 g/mol. The van der Waals surface area contributed by atoms with Gasteiger partial charge in [-0.05, 0) is 24.3 Å². The van der Waals surface area contributed by atoms with E-state index < -0.39 is 17.7 Å². The van der Waals surface area contributed by atoms with Crippen molar-refractivity contribution in [3.63, 3.8) is 0 Å². The van der Waals surface area contributed by atoms with Crippen LogP contribution >= 0.6 is 11.6 Å². The van der Waals surface area contributed by atoms with Crippen molar-refractivity contribution in [3.8, 4) is 0 Å². The highest BCUT2D eigenvalue weighted by molar-refractivity contribution is 6.41. The molecule has 1 aromatic rings. The van der Waals surface area contributed by atoms with E-state index in [1.54, 1.807) is 24.3 Å². The van der Waals surface area contributed by atoms with Gasteiger partial charge in [0.2, 0.25) is 5.91 Å². The van der Waals surface area contributed by atoms with Crippen LogP contribution in [-0.2, 0) is 14.4 Å². The van der Waals surface area contributed by atoms with Gasteiger partial charge in [0.25, 0.3) is 0 Å². The second-order valence-corrected chi connectivity index (χ2v) is 4.16. The highest BCUT2D eigenvalue weighted by Crippen LogP contribution is 2.13. The maximum Gasteiger partial charge on any atom is 0.318 e. The molecule has 0 bridgehead atoms. The number of halogens is 1. The first-order valence-corrected chi connectivity index (χ1v) is 5.92. The van der Waals surface area contributed by atoms with E-state index in [1.807, 2.05) is 0 Å². The third kappa shape index (κ3) is 4.35. The molecule has 3 amide bonds. The number of nitrogens with zero attached hydrogens (tertiary/aromatic N) is 1. The molecule has 102 valence electrons. The van der Waals surface area contributed by atoms with Gasteiger partial charge in [-0.1, -0.05) is 11.6 Å². The van der Waals surface area contributed by atoms with Crippen molar-refractivity contribution in [1.82, 2.24) is 4.90 Å². The van der Waals surface area contributed by atoms with Crippen molar-refractivity contribution in [1.29, 1.82) is 0 Å². The fourth-order valence-electron chi connectivity index (χ4n) is 1.37. The summed E-state index contributed by atoms with van der Waals surface area (Å²) >= 11 is 5.70. The van der Waals surface area contributed by atoms with Crippen LogP contribution in [0.25, 0.3) is 0 Å². The molecule has 0 aliphatic rings. The average Bonchev–Trinajstić information content (AvgIpc) is 2.37. The van der Waals surface area contributed by atoms with Crippen molar-refractivity contribution < 1.29 is 14.4 Å². The Hall–Kier alpha value is -1.92. The number of hydrogen-bond donors (Lipinski definition) is 2. The molecule has 0 fully saturated rings. The molecule has 0 aliphatic heterocycles. The van der Waals surface area contributed by atoms with Crippen LogP contribution in [0.15, 0.2) is 24.3 Å². The lowest BCUT2D eigenvalue weighted by atomic mass is 10.3. The molecule has 0 unspecified atom stereocenters. The van der Waals surface area contributed by atoms with E-state index in [0.717, 1.165) is 4.90 Å². The largest absolute Gasteiger partial charge is 0.329 e. The topological polar surface area (TPSA) is 92.5 Å². The van der Waals surface area contributed by atoms with Gasteiger partial charge >= 0.3 is 11.8 Å². The number of nitrogens with one attached hydrogen (secondary N) is 1. The van der Waals surface area contributed by atoms with E-state index in [0.29, 0.717) is 10.7 Å². The van der Waals surface area contributed by atoms with Gasteiger partial charge in [0.1, 0.15) is 0 Å². The Bertz CT molecular complexity index is 487. The molecular formula is C12H14ClN3O3. The number of rotatable bonds is 3. The minimum Gasteiger partial charge on any atom is -0.329 e. The first-order chi connectivity index (χ1) is 8.95. The minimum absolute atomic E-state index is 0.00219. The molecular weight excluding hydrogens is 270 g/mol. The van der Waals surface area contributed by atoms with E-state index in [4.69, 9.17) is 17.3 Å². The number of hydrogen-bond acceptors (Lipinski definition) is 4. The van der Waals surface area contributed by atoms with Crippen LogP contribution in [0.5, 0.6) is 0 Å². The maximum absolute atomic E-state index is 11.8. The van der Waals surface area contributed by atoms with Crippen LogP contribution < -0.4 is 11.1 Å². The Morgan fingerprint density at radius 1 is 1.26 bits per heavy atom. The molecule has 0 saturated carbocycles. The number of imide groups is 1. The quantitative estimate of drug-likeness (QED) is 0.795. The van der Waals surface area contributed by atoms with Gasteiger partial charge in [0, 0.05) is 30.7 Å². The predicted molar refractivity (Wildman–Crippen MR) is 71.5 cm³/mol. The third-order valence-corrected chi connectivity index (χ3v) is 2.53. The summed E-state index contributed by atoms with van der Waals surface area (Å²) in [5.41, 5.74) is 5.70. The molecule has 1 rings (SSSR count). The summed E-state index contributed by atoms with van der Waals surface area (Å²) in [4.78, 5) is 35.5. The van der Waals surface area contributed by atoms with Gasteiger partial charge in [-0.25, -0.2) is 0 Å². The van der Waals surface area contributed by atoms with Gasteiger partial charge < -0.3 is 11.1 Å². The van der Waals surface area contributed by atoms with Crippen LogP contribution in [0, 0.1) is 0 Å². The maximum atomic E-state index is 11.8. The van der Waals surface area contributed by atoms with Crippen molar-refractivity contribution in [2.45, 2.75) is 6.92 Å². The van der Waals surface area contributed by atoms with Crippen LogP contribution in [0.1, 0.15) is 6.92 Å². The number of amides is 3. The Morgan fingerprint density at radius 2 is 1.84 bits per heavy atom. The molecule has 0 spiro atoms. The Kier molecular flexibility index (Phi) is 5.47. The SMILES string of the molecule is CC(=O)N(CCN)C(=O)C(=O)Nc1ccc(Cl)cc1. The van der Waals surface area contributed by atoms with Crippen LogP contribution in [0.3, 0.4) is 0 Å². The second kappa shape index (κ2) is 6.86. The normalized spacial score (nSPS) is 9.84.